The van der Waals surface area contributed by atoms with Gasteiger partial charge in [-0.2, -0.15) is 0 Å². The number of amides is 3. The summed E-state index contributed by atoms with van der Waals surface area (Å²) in [6, 6.07) is 4.15. The van der Waals surface area contributed by atoms with E-state index in [2.05, 4.69) is 15.4 Å². The normalized spacial score (nSPS) is 13.8. The molecule has 0 heterocycles. The average molecular weight is 480 g/mol. The maximum Gasteiger partial charge on any atom is 0.408 e. The summed E-state index contributed by atoms with van der Waals surface area (Å²) >= 11 is 0. The Bertz CT molecular complexity index is 866. The minimum absolute atomic E-state index is 0.375. The van der Waals surface area contributed by atoms with Crippen molar-refractivity contribution in [2.75, 3.05) is 20.3 Å². The summed E-state index contributed by atoms with van der Waals surface area (Å²) in [5, 5.41) is 14.8. The van der Waals surface area contributed by atoms with Gasteiger partial charge in [-0.1, -0.05) is 31.2 Å². The van der Waals surface area contributed by atoms with Gasteiger partial charge in [0.15, 0.2) is 0 Å². The van der Waals surface area contributed by atoms with Gasteiger partial charge in [0.1, 0.15) is 24.2 Å². The first-order valence-electron chi connectivity index (χ1n) is 11.2. The number of rotatable bonds is 10. The van der Waals surface area contributed by atoms with Gasteiger partial charge in [0.05, 0.1) is 13.7 Å². The third-order valence-corrected chi connectivity index (χ3v) is 5.14. The molecular formula is C24H37N3O7. The molecule has 0 saturated carbocycles. The molecule has 1 aromatic rings. The second-order valence-corrected chi connectivity index (χ2v) is 8.94. The van der Waals surface area contributed by atoms with Gasteiger partial charge in [0.25, 0.3) is 0 Å². The number of aliphatic hydroxyl groups excluding tert-OH is 1. The smallest absolute Gasteiger partial charge is 0.408 e. The van der Waals surface area contributed by atoms with E-state index in [1.807, 2.05) is 6.92 Å². The molecule has 3 amide bonds. The van der Waals surface area contributed by atoms with Crippen LogP contribution in [0.2, 0.25) is 0 Å². The van der Waals surface area contributed by atoms with Gasteiger partial charge in [-0.25, -0.2) is 4.79 Å². The summed E-state index contributed by atoms with van der Waals surface area (Å²) in [5.41, 5.74) is 0.496. The largest absolute Gasteiger partial charge is 0.468 e. The fourth-order valence-electron chi connectivity index (χ4n) is 3.25. The minimum atomic E-state index is -1.34. The lowest BCUT2D eigenvalue weighted by molar-refractivity contribution is -0.147. The molecule has 10 heteroatoms. The molecule has 0 radical (unpaired) electrons. The molecule has 0 bridgehead atoms. The number of hydrogen-bond acceptors (Lipinski definition) is 7. The van der Waals surface area contributed by atoms with Gasteiger partial charge in [-0.15, -0.1) is 0 Å². The average Bonchev–Trinajstić information content (AvgIpc) is 2.77. The van der Waals surface area contributed by atoms with Gasteiger partial charge < -0.3 is 30.1 Å². The van der Waals surface area contributed by atoms with Crippen LogP contribution in [0.1, 0.15) is 58.2 Å². The Labute approximate surface area is 201 Å². The number of alkyl carbamates (subject to hydrolysis) is 1. The van der Waals surface area contributed by atoms with Gasteiger partial charge in [-0.05, 0) is 52.2 Å². The number of benzene rings is 1. The topological polar surface area (TPSA) is 134 Å². The maximum absolute atomic E-state index is 13.6. The Balaban J connectivity index is 3.43. The molecule has 3 N–H and O–H groups in total. The number of aryl methyl sites for hydroxylation is 1. The molecular weight excluding hydrogens is 442 g/mol. The van der Waals surface area contributed by atoms with Gasteiger partial charge in [0, 0.05) is 6.04 Å². The van der Waals surface area contributed by atoms with Crippen LogP contribution in [0.3, 0.4) is 0 Å². The highest BCUT2D eigenvalue weighted by Crippen LogP contribution is 2.28. The number of methoxy groups -OCH3 is 1. The SMILES string of the molecule is CCC(C)N(C(=O)C(CO)NC(=O)OC(C)(C)C)C(C(=O)NCC(=O)OC)c1ccccc1C. The van der Waals surface area contributed by atoms with E-state index >= 15 is 0 Å². The molecule has 0 aromatic heterocycles. The van der Waals surface area contributed by atoms with Crippen molar-refractivity contribution in [3.63, 3.8) is 0 Å². The van der Waals surface area contributed by atoms with Crippen LogP contribution in [0.15, 0.2) is 24.3 Å². The highest BCUT2D eigenvalue weighted by molar-refractivity contribution is 5.93. The van der Waals surface area contributed by atoms with Crippen LogP contribution in [-0.4, -0.2) is 71.8 Å². The monoisotopic (exact) mass is 479 g/mol. The van der Waals surface area contributed by atoms with Crippen LogP contribution in [-0.2, 0) is 23.9 Å². The zero-order valence-corrected chi connectivity index (χ0v) is 21.0. The molecule has 1 aromatic carbocycles. The van der Waals surface area contributed by atoms with Gasteiger partial charge >= 0.3 is 12.1 Å². The first-order valence-corrected chi connectivity index (χ1v) is 11.2. The lowest BCUT2D eigenvalue weighted by Gasteiger charge is -2.38. The van der Waals surface area contributed by atoms with E-state index in [0.29, 0.717) is 12.0 Å². The molecule has 0 aliphatic carbocycles. The number of nitrogens with one attached hydrogen (secondary N) is 2. The second kappa shape index (κ2) is 12.9. The summed E-state index contributed by atoms with van der Waals surface area (Å²) in [5.74, 6) is -1.90. The number of carbonyl (C=O) groups is 4. The molecule has 0 aliphatic heterocycles. The van der Waals surface area contributed by atoms with E-state index in [9.17, 15) is 24.3 Å². The van der Waals surface area contributed by atoms with E-state index < -0.39 is 54.2 Å². The molecule has 3 unspecified atom stereocenters. The Morgan fingerprint density at radius 2 is 1.76 bits per heavy atom. The van der Waals surface area contributed by atoms with Crippen LogP contribution in [0.4, 0.5) is 4.79 Å². The lowest BCUT2D eigenvalue weighted by atomic mass is 9.96. The van der Waals surface area contributed by atoms with Gasteiger partial charge in [0.2, 0.25) is 11.8 Å². The first kappa shape index (κ1) is 28.9. The van der Waals surface area contributed by atoms with Crippen molar-refractivity contribution in [3.05, 3.63) is 35.4 Å². The van der Waals surface area contributed by atoms with Crippen molar-refractivity contribution in [2.45, 2.75) is 71.7 Å². The molecule has 3 atom stereocenters. The van der Waals surface area contributed by atoms with E-state index in [-0.39, 0.29) is 6.54 Å². The summed E-state index contributed by atoms with van der Waals surface area (Å²) < 4.78 is 9.81. The van der Waals surface area contributed by atoms with Crippen LogP contribution >= 0.6 is 0 Å². The highest BCUT2D eigenvalue weighted by Gasteiger charge is 2.39. The Kier molecular flexibility index (Phi) is 11.0. The number of aliphatic hydroxyl groups is 1. The molecule has 0 spiro atoms. The number of esters is 1. The molecule has 1 rings (SSSR count). The predicted molar refractivity (Wildman–Crippen MR) is 126 cm³/mol. The molecule has 0 saturated heterocycles. The fourth-order valence-corrected chi connectivity index (χ4v) is 3.25. The second-order valence-electron chi connectivity index (χ2n) is 8.94. The molecule has 0 fully saturated rings. The number of ether oxygens (including phenoxy) is 2. The van der Waals surface area contributed by atoms with Crippen LogP contribution < -0.4 is 10.6 Å². The quantitative estimate of drug-likeness (QED) is 0.436. The molecule has 0 aliphatic rings. The summed E-state index contributed by atoms with van der Waals surface area (Å²) in [7, 11) is 1.20. The summed E-state index contributed by atoms with van der Waals surface area (Å²) in [4.78, 5) is 52.2. The Morgan fingerprint density at radius 1 is 1.15 bits per heavy atom. The summed E-state index contributed by atoms with van der Waals surface area (Å²) in [6.07, 6.45) is -0.380. The number of nitrogens with zero attached hydrogens (tertiary/aromatic N) is 1. The Morgan fingerprint density at radius 3 is 2.26 bits per heavy atom. The van der Waals surface area contributed by atoms with Crippen LogP contribution in [0.5, 0.6) is 0 Å². The molecule has 190 valence electrons. The molecule has 10 nitrogen and oxygen atoms in total. The molecule has 34 heavy (non-hydrogen) atoms. The lowest BCUT2D eigenvalue weighted by Crippen LogP contribution is -2.57. The standard InChI is InChI=1S/C24H37N3O7/c1-8-16(3)27(22(31)18(14-28)26-23(32)34-24(4,5)6)20(17-12-10-9-11-15(17)2)21(30)25-13-19(29)33-7/h9-12,16,18,20,28H,8,13-14H2,1-7H3,(H,25,30)(H,26,32). The fraction of sp³-hybridized carbons (Fsp3) is 0.583. The number of carbonyl (C=O) groups excluding carboxylic acids is 4. The zero-order valence-electron chi connectivity index (χ0n) is 21.0. The van der Waals surface area contributed by atoms with E-state index in [1.54, 1.807) is 58.9 Å². The minimum Gasteiger partial charge on any atom is -0.468 e. The highest BCUT2D eigenvalue weighted by atomic mass is 16.6. The van der Waals surface area contributed by atoms with Crippen molar-refractivity contribution in [1.29, 1.82) is 0 Å². The van der Waals surface area contributed by atoms with E-state index in [1.165, 1.54) is 12.0 Å². The number of hydrogen-bond donors (Lipinski definition) is 3. The van der Waals surface area contributed by atoms with Gasteiger partial charge in [-0.3, -0.25) is 14.4 Å². The van der Waals surface area contributed by atoms with Crippen molar-refractivity contribution in [1.82, 2.24) is 15.5 Å². The third-order valence-electron chi connectivity index (χ3n) is 5.14. The van der Waals surface area contributed by atoms with Crippen molar-refractivity contribution < 1.29 is 33.8 Å². The van der Waals surface area contributed by atoms with Crippen molar-refractivity contribution >= 4 is 23.9 Å². The first-order chi connectivity index (χ1) is 15.9. The van der Waals surface area contributed by atoms with Crippen LogP contribution in [0, 0.1) is 6.92 Å². The maximum atomic E-state index is 13.6. The van der Waals surface area contributed by atoms with E-state index in [4.69, 9.17) is 4.74 Å². The zero-order chi connectivity index (χ0) is 26.1. The third kappa shape index (κ3) is 8.33. The summed E-state index contributed by atoms with van der Waals surface area (Å²) in [6.45, 7) is 9.36. The van der Waals surface area contributed by atoms with Crippen molar-refractivity contribution in [3.8, 4) is 0 Å². The van der Waals surface area contributed by atoms with Crippen LogP contribution in [0.25, 0.3) is 0 Å². The van der Waals surface area contributed by atoms with Crippen molar-refractivity contribution in [2.24, 2.45) is 0 Å². The Hall–Kier alpha value is -3.14. The predicted octanol–water partition coefficient (Wildman–Crippen LogP) is 1.84. The van der Waals surface area contributed by atoms with E-state index in [0.717, 1.165) is 5.56 Å².